The SMILES string of the molecule is Cc1ccccc1CN1C(N)=C(C#N)N=C(N)C1C#N. The van der Waals surface area contributed by atoms with E-state index in [1.165, 1.54) is 0 Å². The van der Waals surface area contributed by atoms with Crippen molar-refractivity contribution in [2.24, 2.45) is 16.5 Å². The van der Waals surface area contributed by atoms with Crippen LogP contribution in [0.4, 0.5) is 0 Å². The average molecular weight is 266 g/mol. The Bertz CT molecular complexity index is 674. The lowest BCUT2D eigenvalue weighted by atomic mass is 10.1. The molecular weight excluding hydrogens is 252 g/mol. The third kappa shape index (κ3) is 2.27. The van der Waals surface area contributed by atoms with Crippen LogP contribution in [-0.2, 0) is 6.54 Å². The first-order valence-electron chi connectivity index (χ1n) is 6.03. The van der Waals surface area contributed by atoms with Crippen molar-refractivity contribution >= 4 is 5.84 Å². The first-order chi connectivity index (χ1) is 9.58. The number of amidine groups is 1. The van der Waals surface area contributed by atoms with Crippen LogP contribution < -0.4 is 11.5 Å². The molecule has 0 saturated carbocycles. The molecule has 0 fully saturated rings. The predicted molar refractivity (Wildman–Crippen MR) is 74.6 cm³/mol. The Morgan fingerprint density at radius 3 is 2.60 bits per heavy atom. The zero-order valence-electron chi connectivity index (χ0n) is 11.0. The summed E-state index contributed by atoms with van der Waals surface area (Å²) in [5, 5.41) is 18.3. The third-order valence-electron chi connectivity index (χ3n) is 3.21. The molecule has 20 heavy (non-hydrogen) atoms. The van der Waals surface area contributed by atoms with Gasteiger partial charge in [-0.3, -0.25) is 0 Å². The van der Waals surface area contributed by atoms with Gasteiger partial charge in [0.1, 0.15) is 17.7 Å². The number of aryl methyl sites for hydroxylation is 1. The van der Waals surface area contributed by atoms with Gasteiger partial charge in [0.15, 0.2) is 11.7 Å². The van der Waals surface area contributed by atoms with Gasteiger partial charge in [0.25, 0.3) is 0 Å². The topological polar surface area (TPSA) is 115 Å². The van der Waals surface area contributed by atoms with Crippen molar-refractivity contribution in [2.75, 3.05) is 0 Å². The Morgan fingerprint density at radius 1 is 1.30 bits per heavy atom. The molecule has 0 radical (unpaired) electrons. The number of hydrogen-bond donors (Lipinski definition) is 2. The normalized spacial score (nSPS) is 18.2. The quantitative estimate of drug-likeness (QED) is 0.818. The number of aliphatic imine (C=N–C) groups is 1. The molecule has 0 aromatic heterocycles. The van der Waals surface area contributed by atoms with Crippen LogP contribution in [0.25, 0.3) is 0 Å². The van der Waals surface area contributed by atoms with Crippen LogP contribution in [-0.4, -0.2) is 16.8 Å². The van der Waals surface area contributed by atoms with Crippen LogP contribution in [0, 0.1) is 29.6 Å². The summed E-state index contributed by atoms with van der Waals surface area (Å²) >= 11 is 0. The number of nitrogens with zero attached hydrogens (tertiary/aromatic N) is 4. The molecule has 100 valence electrons. The van der Waals surface area contributed by atoms with Crippen molar-refractivity contribution in [3.8, 4) is 12.1 Å². The Balaban J connectivity index is 2.41. The Kier molecular flexibility index (Phi) is 3.58. The Hall–Kier alpha value is -2.99. The minimum atomic E-state index is -0.758. The number of nitriles is 2. The second kappa shape index (κ2) is 5.33. The summed E-state index contributed by atoms with van der Waals surface area (Å²) in [6, 6.07) is 11.0. The van der Waals surface area contributed by atoms with Crippen molar-refractivity contribution in [1.29, 1.82) is 10.5 Å². The highest BCUT2D eigenvalue weighted by Gasteiger charge is 2.29. The summed E-state index contributed by atoms with van der Waals surface area (Å²) in [5.74, 6) is 0.267. The van der Waals surface area contributed by atoms with E-state index in [4.69, 9.17) is 16.7 Å². The van der Waals surface area contributed by atoms with Gasteiger partial charge >= 0.3 is 0 Å². The van der Waals surface area contributed by atoms with Crippen molar-refractivity contribution in [3.63, 3.8) is 0 Å². The first kappa shape index (κ1) is 13.4. The highest BCUT2D eigenvalue weighted by Crippen LogP contribution is 2.21. The molecule has 6 heteroatoms. The minimum Gasteiger partial charge on any atom is -0.384 e. The molecule has 6 nitrogen and oxygen atoms in total. The van der Waals surface area contributed by atoms with Gasteiger partial charge in [-0.15, -0.1) is 0 Å². The molecule has 2 rings (SSSR count). The molecule has 1 aliphatic rings. The average Bonchev–Trinajstić information content (AvgIpc) is 2.45. The van der Waals surface area contributed by atoms with Crippen LogP contribution in [0.2, 0.25) is 0 Å². The lowest BCUT2D eigenvalue weighted by Crippen LogP contribution is -2.47. The Labute approximate surface area is 117 Å². The molecule has 0 bridgehead atoms. The van der Waals surface area contributed by atoms with Crippen LogP contribution in [0.1, 0.15) is 11.1 Å². The van der Waals surface area contributed by atoms with Crippen molar-refractivity contribution in [3.05, 3.63) is 46.9 Å². The summed E-state index contributed by atoms with van der Waals surface area (Å²) < 4.78 is 0. The zero-order chi connectivity index (χ0) is 14.7. The van der Waals surface area contributed by atoms with E-state index in [1.807, 2.05) is 37.3 Å². The van der Waals surface area contributed by atoms with Gasteiger partial charge < -0.3 is 16.4 Å². The molecule has 4 N–H and O–H groups in total. The van der Waals surface area contributed by atoms with Crippen molar-refractivity contribution in [2.45, 2.75) is 19.5 Å². The van der Waals surface area contributed by atoms with E-state index in [2.05, 4.69) is 11.1 Å². The van der Waals surface area contributed by atoms with Crippen molar-refractivity contribution in [1.82, 2.24) is 4.90 Å². The number of allylic oxidation sites excluding steroid dienone is 1. The molecule has 1 heterocycles. The van der Waals surface area contributed by atoms with E-state index in [0.717, 1.165) is 11.1 Å². The number of rotatable bonds is 2. The maximum absolute atomic E-state index is 9.24. The summed E-state index contributed by atoms with van der Waals surface area (Å²) in [4.78, 5) is 5.47. The van der Waals surface area contributed by atoms with Crippen LogP contribution in [0.15, 0.2) is 40.8 Å². The van der Waals surface area contributed by atoms with Gasteiger partial charge in [0, 0.05) is 6.54 Å². The molecule has 0 saturated heterocycles. The smallest absolute Gasteiger partial charge is 0.182 e. The monoisotopic (exact) mass is 266 g/mol. The summed E-state index contributed by atoms with van der Waals surface area (Å²) in [6.07, 6.45) is 0. The van der Waals surface area contributed by atoms with Gasteiger partial charge in [-0.1, -0.05) is 24.3 Å². The molecular formula is C14H14N6. The number of benzene rings is 1. The van der Waals surface area contributed by atoms with Crippen LogP contribution >= 0.6 is 0 Å². The summed E-state index contributed by atoms with van der Waals surface area (Å²) in [7, 11) is 0. The lowest BCUT2D eigenvalue weighted by Gasteiger charge is -2.32. The molecule has 1 aromatic carbocycles. The minimum absolute atomic E-state index is 0.0441. The fraction of sp³-hybridized carbons (Fsp3) is 0.214. The van der Waals surface area contributed by atoms with Crippen LogP contribution in [0.3, 0.4) is 0 Å². The summed E-state index contributed by atoms with van der Waals surface area (Å²) in [6.45, 7) is 2.38. The molecule has 1 unspecified atom stereocenters. The van der Waals surface area contributed by atoms with E-state index < -0.39 is 6.04 Å². The van der Waals surface area contributed by atoms with Gasteiger partial charge in [-0.05, 0) is 18.1 Å². The molecule has 1 aromatic rings. The third-order valence-corrected chi connectivity index (χ3v) is 3.21. The van der Waals surface area contributed by atoms with E-state index in [0.29, 0.717) is 6.54 Å². The molecule has 1 aliphatic heterocycles. The highest BCUT2D eigenvalue weighted by atomic mass is 15.3. The molecule has 0 spiro atoms. The lowest BCUT2D eigenvalue weighted by molar-refractivity contribution is 0.324. The van der Waals surface area contributed by atoms with Gasteiger partial charge in [-0.25, -0.2) is 4.99 Å². The maximum atomic E-state index is 9.24. The molecule has 0 amide bonds. The maximum Gasteiger partial charge on any atom is 0.182 e. The predicted octanol–water partition coefficient (Wildman–Crippen LogP) is 0.711. The van der Waals surface area contributed by atoms with E-state index in [9.17, 15) is 5.26 Å². The first-order valence-corrected chi connectivity index (χ1v) is 6.03. The molecule has 1 atom stereocenters. The molecule has 0 aliphatic carbocycles. The van der Waals surface area contributed by atoms with Crippen molar-refractivity contribution < 1.29 is 0 Å². The van der Waals surface area contributed by atoms with E-state index in [-0.39, 0.29) is 17.4 Å². The standard InChI is InChI=1S/C14H14N6/c1-9-4-2-3-5-10(9)8-20-12(7-16)13(17)19-11(6-15)14(20)18/h2-5,12H,8,18H2,1H3,(H2,17,19). The highest BCUT2D eigenvalue weighted by molar-refractivity contribution is 5.90. The number of hydrogen-bond acceptors (Lipinski definition) is 6. The van der Waals surface area contributed by atoms with Gasteiger partial charge in [0.05, 0.1) is 6.07 Å². The van der Waals surface area contributed by atoms with Gasteiger partial charge in [-0.2, -0.15) is 10.5 Å². The fourth-order valence-corrected chi connectivity index (χ4v) is 2.05. The summed E-state index contributed by atoms with van der Waals surface area (Å²) in [5.41, 5.74) is 13.8. The van der Waals surface area contributed by atoms with E-state index in [1.54, 1.807) is 4.90 Å². The fourth-order valence-electron chi connectivity index (χ4n) is 2.05. The number of nitrogens with two attached hydrogens (primary N) is 2. The second-order valence-corrected chi connectivity index (χ2v) is 4.47. The van der Waals surface area contributed by atoms with E-state index >= 15 is 0 Å². The zero-order valence-corrected chi connectivity index (χ0v) is 11.0. The van der Waals surface area contributed by atoms with Gasteiger partial charge in [0.2, 0.25) is 0 Å². The van der Waals surface area contributed by atoms with Crippen LogP contribution in [0.5, 0.6) is 0 Å². The Morgan fingerprint density at radius 2 is 2.00 bits per heavy atom. The second-order valence-electron chi connectivity index (χ2n) is 4.47. The largest absolute Gasteiger partial charge is 0.384 e.